The highest BCUT2D eigenvalue weighted by Gasteiger charge is 2.26. The number of benzene rings is 1. The van der Waals surface area contributed by atoms with E-state index < -0.39 is 5.97 Å². The van der Waals surface area contributed by atoms with E-state index in [1.54, 1.807) is 18.2 Å². The van der Waals surface area contributed by atoms with Gasteiger partial charge in [-0.15, -0.1) is 21.5 Å². The molecule has 0 unspecified atom stereocenters. The number of thioether (sulfide) groups is 1. The van der Waals surface area contributed by atoms with Gasteiger partial charge in [0, 0.05) is 16.4 Å². The van der Waals surface area contributed by atoms with Gasteiger partial charge in [0.2, 0.25) is 5.91 Å². The number of rotatable bonds is 9. The minimum absolute atomic E-state index is 0.116. The molecule has 1 aliphatic rings. The molecule has 0 aliphatic heterocycles. The standard InChI is InChI=1S/C25H28Cl2N4O4S2/c1-3-31-20(13-35-18-11-10-15(26)12-17(18)27)29-30-25(31)36-14-21(32)28-23-22(24(33)34-2)16-8-6-4-5-7-9-19(16)37-23/h10-12H,3-9,13-14H2,1-2H3,(H,28,32). The molecule has 37 heavy (non-hydrogen) atoms. The van der Waals surface area contributed by atoms with Crippen LogP contribution in [-0.2, 0) is 35.5 Å². The first-order chi connectivity index (χ1) is 17.9. The maximum Gasteiger partial charge on any atom is 0.341 e. The number of hydrogen-bond donors (Lipinski definition) is 1. The van der Waals surface area contributed by atoms with Gasteiger partial charge in [-0.25, -0.2) is 4.79 Å². The van der Waals surface area contributed by atoms with E-state index in [1.807, 2.05) is 11.5 Å². The Morgan fingerprint density at radius 2 is 1.95 bits per heavy atom. The number of carbonyl (C=O) groups is 2. The fourth-order valence-electron chi connectivity index (χ4n) is 4.20. The van der Waals surface area contributed by atoms with Gasteiger partial charge in [0.25, 0.3) is 0 Å². The molecule has 8 nitrogen and oxygen atoms in total. The number of thiophene rings is 1. The first kappa shape index (κ1) is 27.8. The lowest BCUT2D eigenvalue weighted by Crippen LogP contribution is -2.17. The summed E-state index contributed by atoms with van der Waals surface area (Å²) in [5, 5.41) is 13.5. The molecule has 1 aliphatic carbocycles. The summed E-state index contributed by atoms with van der Waals surface area (Å²) in [5.41, 5.74) is 1.52. The lowest BCUT2D eigenvalue weighted by Gasteiger charge is -2.11. The topological polar surface area (TPSA) is 95.3 Å². The number of aromatic nitrogens is 3. The van der Waals surface area contributed by atoms with Gasteiger partial charge in [0.05, 0.1) is 23.4 Å². The molecule has 1 amide bonds. The zero-order chi connectivity index (χ0) is 26.4. The number of esters is 1. The van der Waals surface area contributed by atoms with Crippen LogP contribution >= 0.6 is 46.3 Å². The number of methoxy groups -OCH3 is 1. The van der Waals surface area contributed by atoms with E-state index in [0.717, 1.165) is 37.7 Å². The zero-order valence-corrected chi connectivity index (χ0v) is 23.8. The van der Waals surface area contributed by atoms with Gasteiger partial charge in [-0.2, -0.15) is 0 Å². The van der Waals surface area contributed by atoms with Crippen molar-refractivity contribution in [2.75, 3.05) is 18.2 Å². The average Bonchev–Trinajstić information content (AvgIpc) is 3.41. The number of halogens is 2. The third-order valence-corrected chi connectivity index (χ3v) is 8.71. The van der Waals surface area contributed by atoms with E-state index in [4.69, 9.17) is 32.7 Å². The molecular formula is C25H28Cl2N4O4S2. The monoisotopic (exact) mass is 582 g/mol. The Bertz CT molecular complexity index is 1280. The highest BCUT2D eigenvalue weighted by Crippen LogP contribution is 2.37. The van der Waals surface area contributed by atoms with Gasteiger partial charge in [-0.05, 0) is 56.4 Å². The molecule has 0 atom stereocenters. The molecule has 0 saturated carbocycles. The molecule has 0 fully saturated rings. The van der Waals surface area contributed by atoms with Crippen molar-refractivity contribution < 1.29 is 19.1 Å². The summed E-state index contributed by atoms with van der Waals surface area (Å²) in [4.78, 5) is 26.7. The smallest absolute Gasteiger partial charge is 0.341 e. The third kappa shape index (κ3) is 6.79. The van der Waals surface area contributed by atoms with E-state index in [1.165, 1.54) is 41.5 Å². The van der Waals surface area contributed by atoms with Crippen LogP contribution in [0.3, 0.4) is 0 Å². The van der Waals surface area contributed by atoms with Gasteiger partial charge in [-0.3, -0.25) is 4.79 Å². The Labute approximate surface area is 234 Å². The first-order valence-electron chi connectivity index (χ1n) is 12.1. The zero-order valence-electron chi connectivity index (χ0n) is 20.6. The number of hydrogen-bond acceptors (Lipinski definition) is 8. The number of anilines is 1. The lowest BCUT2D eigenvalue weighted by molar-refractivity contribution is -0.113. The fourth-order valence-corrected chi connectivity index (χ4v) is 6.78. The Balaban J connectivity index is 1.42. The van der Waals surface area contributed by atoms with E-state index >= 15 is 0 Å². The largest absolute Gasteiger partial charge is 0.484 e. The number of nitrogens with one attached hydrogen (secondary N) is 1. The van der Waals surface area contributed by atoms with Crippen molar-refractivity contribution in [2.24, 2.45) is 0 Å². The predicted octanol–water partition coefficient (Wildman–Crippen LogP) is 6.42. The van der Waals surface area contributed by atoms with E-state index in [2.05, 4.69) is 15.5 Å². The van der Waals surface area contributed by atoms with Crippen LogP contribution in [0.1, 0.15) is 59.2 Å². The number of nitrogens with zero attached hydrogens (tertiary/aromatic N) is 3. The van der Waals surface area contributed by atoms with Crippen molar-refractivity contribution >= 4 is 63.2 Å². The second kappa shape index (κ2) is 13.0. The fraction of sp³-hybridized carbons (Fsp3) is 0.440. The summed E-state index contributed by atoms with van der Waals surface area (Å²) < 4.78 is 12.7. The quantitative estimate of drug-likeness (QED) is 0.229. The maximum atomic E-state index is 12.9. The number of amides is 1. The Morgan fingerprint density at radius 1 is 1.16 bits per heavy atom. The summed E-state index contributed by atoms with van der Waals surface area (Å²) in [6.07, 6.45) is 6.18. The normalized spacial score (nSPS) is 13.4. The van der Waals surface area contributed by atoms with Crippen molar-refractivity contribution in [3.63, 3.8) is 0 Å². The highest BCUT2D eigenvalue weighted by atomic mass is 35.5. The number of carbonyl (C=O) groups excluding carboxylic acids is 2. The second-order valence-electron chi connectivity index (χ2n) is 8.46. The van der Waals surface area contributed by atoms with Gasteiger partial charge in [0.1, 0.15) is 17.4 Å². The van der Waals surface area contributed by atoms with Gasteiger partial charge >= 0.3 is 5.97 Å². The molecule has 2 heterocycles. The second-order valence-corrected chi connectivity index (χ2v) is 11.3. The number of fused-ring (bicyclic) bond motifs is 1. The first-order valence-corrected chi connectivity index (χ1v) is 14.6. The third-order valence-electron chi connectivity index (χ3n) is 6.01. The van der Waals surface area contributed by atoms with Gasteiger partial charge < -0.3 is 19.4 Å². The van der Waals surface area contributed by atoms with E-state index in [9.17, 15) is 9.59 Å². The highest BCUT2D eigenvalue weighted by molar-refractivity contribution is 7.99. The van der Waals surface area contributed by atoms with Crippen molar-refractivity contribution in [3.05, 3.63) is 50.1 Å². The van der Waals surface area contributed by atoms with Crippen molar-refractivity contribution in [3.8, 4) is 5.75 Å². The Morgan fingerprint density at radius 3 is 2.68 bits per heavy atom. The van der Waals surface area contributed by atoms with Crippen LogP contribution in [-0.4, -0.2) is 39.5 Å². The van der Waals surface area contributed by atoms with Crippen molar-refractivity contribution in [1.29, 1.82) is 0 Å². The van der Waals surface area contributed by atoms with Crippen LogP contribution in [0, 0.1) is 0 Å². The summed E-state index contributed by atoms with van der Waals surface area (Å²) in [5.74, 6) is 0.600. The van der Waals surface area contributed by atoms with E-state index in [-0.39, 0.29) is 18.3 Å². The molecular weight excluding hydrogens is 555 g/mol. The summed E-state index contributed by atoms with van der Waals surface area (Å²) in [6, 6.07) is 5.01. The van der Waals surface area contributed by atoms with Crippen LogP contribution in [0.4, 0.5) is 5.00 Å². The molecule has 0 radical (unpaired) electrons. The van der Waals surface area contributed by atoms with E-state index in [0.29, 0.717) is 43.9 Å². The minimum Gasteiger partial charge on any atom is -0.484 e. The summed E-state index contributed by atoms with van der Waals surface area (Å²) >= 11 is 14.9. The molecule has 1 N–H and O–H groups in total. The van der Waals surface area contributed by atoms with Crippen LogP contribution in [0.2, 0.25) is 10.0 Å². The molecule has 0 spiro atoms. The minimum atomic E-state index is -0.405. The lowest BCUT2D eigenvalue weighted by atomic mass is 9.96. The van der Waals surface area contributed by atoms with Crippen LogP contribution < -0.4 is 10.1 Å². The summed E-state index contributed by atoms with van der Waals surface area (Å²) in [7, 11) is 1.37. The average molecular weight is 584 g/mol. The molecule has 2 aromatic heterocycles. The van der Waals surface area contributed by atoms with Crippen LogP contribution in [0.15, 0.2) is 23.4 Å². The number of aryl methyl sites for hydroxylation is 1. The number of ether oxygens (including phenoxy) is 2. The molecule has 4 rings (SSSR count). The molecule has 12 heteroatoms. The van der Waals surface area contributed by atoms with Crippen molar-refractivity contribution in [1.82, 2.24) is 14.8 Å². The van der Waals surface area contributed by atoms with Crippen LogP contribution in [0.5, 0.6) is 5.75 Å². The molecule has 0 saturated heterocycles. The molecule has 198 valence electrons. The Kier molecular flexibility index (Phi) is 9.75. The molecule has 3 aromatic rings. The van der Waals surface area contributed by atoms with Crippen LogP contribution in [0.25, 0.3) is 0 Å². The molecule has 0 bridgehead atoms. The summed E-state index contributed by atoms with van der Waals surface area (Å²) in [6.45, 7) is 2.74. The van der Waals surface area contributed by atoms with Gasteiger partial charge in [-0.1, -0.05) is 47.8 Å². The predicted molar refractivity (Wildman–Crippen MR) is 147 cm³/mol. The molecule has 1 aromatic carbocycles. The van der Waals surface area contributed by atoms with Crippen molar-refractivity contribution in [2.45, 2.75) is 63.8 Å². The SMILES string of the molecule is CCn1c(COc2ccc(Cl)cc2Cl)nnc1SCC(=O)Nc1sc2c(c1C(=O)OC)CCCCCC2. The Hall–Kier alpha value is -2.27. The maximum absolute atomic E-state index is 12.9. The van der Waals surface area contributed by atoms with Gasteiger partial charge in [0.15, 0.2) is 11.0 Å².